The van der Waals surface area contributed by atoms with Crippen molar-refractivity contribution in [2.75, 3.05) is 13.1 Å². The van der Waals surface area contributed by atoms with Crippen molar-refractivity contribution in [2.24, 2.45) is 5.73 Å². The molecule has 0 heterocycles. The predicted octanol–water partition coefficient (Wildman–Crippen LogP) is 4.11. The fourth-order valence-electron chi connectivity index (χ4n) is 2.38. The molecule has 1 unspecified atom stereocenters. The van der Waals surface area contributed by atoms with Gasteiger partial charge in [0.25, 0.3) is 0 Å². The highest BCUT2D eigenvalue weighted by atomic mass is 35.5. The summed E-state index contributed by atoms with van der Waals surface area (Å²) in [6.45, 7) is 10.5. The molecule has 0 radical (unpaired) electrons. The second-order valence-corrected chi connectivity index (χ2v) is 5.73. The fourth-order valence-corrected chi connectivity index (χ4v) is 2.80. The summed E-state index contributed by atoms with van der Waals surface area (Å²) in [7, 11) is 0. The number of nitrogens with two attached hydrogens (primary N) is 1. The quantitative estimate of drug-likeness (QED) is 0.883. The molecule has 2 nitrogen and oxygen atoms in total. The van der Waals surface area contributed by atoms with Crippen LogP contribution in [0.1, 0.15) is 39.3 Å². The Morgan fingerprint density at radius 1 is 1.22 bits per heavy atom. The molecule has 0 bridgehead atoms. The third-order valence-corrected chi connectivity index (χ3v) is 4.49. The lowest BCUT2D eigenvalue weighted by molar-refractivity contribution is 0.107. The maximum atomic E-state index is 6.41. The van der Waals surface area contributed by atoms with Gasteiger partial charge in [-0.2, -0.15) is 0 Å². The van der Waals surface area contributed by atoms with E-state index in [1.54, 1.807) is 6.07 Å². The number of rotatable bonds is 5. The molecule has 0 fully saturated rings. The van der Waals surface area contributed by atoms with Gasteiger partial charge in [0.1, 0.15) is 0 Å². The minimum atomic E-state index is -0.177. The first kappa shape index (κ1) is 15.8. The number of halogens is 2. The Morgan fingerprint density at radius 2 is 1.78 bits per heavy atom. The fraction of sp³-hybridized carbons (Fsp3) is 0.571. The van der Waals surface area contributed by atoms with E-state index < -0.39 is 0 Å². The highest BCUT2D eigenvalue weighted by Gasteiger charge is 2.33. The second kappa shape index (κ2) is 6.25. The van der Waals surface area contributed by atoms with E-state index in [0.717, 1.165) is 18.7 Å². The van der Waals surface area contributed by atoms with Gasteiger partial charge in [-0.05, 0) is 38.6 Å². The Kier molecular flexibility index (Phi) is 5.47. The zero-order chi connectivity index (χ0) is 13.9. The van der Waals surface area contributed by atoms with Gasteiger partial charge in [0.05, 0.1) is 10.0 Å². The van der Waals surface area contributed by atoms with Crippen LogP contribution in [0, 0.1) is 0 Å². The Bertz CT molecular complexity index is 401. The third-order valence-electron chi connectivity index (χ3n) is 3.66. The molecule has 102 valence electrons. The van der Waals surface area contributed by atoms with Gasteiger partial charge < -0.3 is 5.73 Å². The van der Waals surface area contributed by atoms with Crippen molar-refractivity contribution in [2.45, 2.75) is 39.3 Å². The molecule has 0 spiro atoms. The molecule has 2 N–H and O–H groups in total. The summed E-state index contributed by atoms with van der Waals surface area (Å²) in [6, 6.07) is 5.44. The summed E-state index contributed by atoms with van der Waals surface area (Å²) in [6.07, 6.45) is 0. The molecular formula is C14H22Cl2N2. The summed E-state index contributed by atoms with van der Waals surface area (Å²) in [5.41, 5.74) is 7.14. The molecule has 1 aromatic rings. The lowest BCUT2D eigenvalue weighted by atomic mass is 9.87. The van der Waals surface area contributed by atoms with Crippen LogP contribution in [0.25, 0.3) is 0 Å². The number of hydrogen-bond acceptors (Lipinski definition) is 2. The van der Waals surface area contributed by atoms with E-state index in [-0.39, 0.29) is 11.6 Å². The SMILES string of the molecule is CCN(CC)C(C)(C)C(N)c1cccc(Cl)c1Cl. The topological polar surface area (TPSA) is 29.3 Å². The average molecular weight is 289 g/mol. The van der Waals surface area contributed by atoms with Gasteiger partial charge in [0.2, 0.25) is 0 Å². The van der Waals surface area contributed by atoms with Crippen molar-refractivity contribution in [3.8, 4) is 0 Å². The van der Waals surface area contributed by atoms with Gasteiger partial charge in [-0.25, -0.2) is 0 Å². The van der Waals surface area contributed by atoms with Crippen molar-refractivity contribution in [1.82, 2.24) is 4.90 Å². The lowest BCUT2D eigenvalue weighted by Crippen LogP contribution is -2.51. The van der Waals surface area contributed by atoms with E-state index in [9.17, 15) is 0 Å². The Morgan fingerprint density at radius 3 is 2.28 bits per heavy atom. The van der Waals surface area contributed by atoms with E-state index in [1.165, 1.54) is 0 Å². The van der Waals surface area contributed by atoms with E-state index in [4.69, 9.17) is 28.9 Å². The number of nitrogens with zero attached hydrogens (tertiary/aromatic N) is 1. The smallest absolute Gasteiger partial charge is 0.0640 e. The van der Waals surface area contributed by atoms with Crippen LogP contribution in [0.5, 0.6) is 0 Å². The van der Waals surface area contributed by atoms with Crippen LogP contribution in [0.15, 0.2) is 18.2 Å². The second-order valence-electron chi connectivity index (χ2n) is 4.95. The van der Waals surface area contributed by atoms with Gasteiger partial charge >= 0.3 is 0 Å². The molecule has 4 heteroatoms. The van der Waals surface area contributed by atoms with E-state index in [0.29, 0.717) is 10.0 Å². The molecule has 0 aliphatic carbocycles. The highest BCUT2D eigenvalue weighted by molar-refractivity contribution is 6.42. The van der Waals surface area contributed by atoms with Crippen molar-refractivity contribution < 1.29 is 0 Å². The zero-order valence-corrected chi connectivity index (χ0v) is 13.0. The van der Waals surface area contributed by atoms with Crippen LogP contribution < -0.4 is 5.73 Å². The van der Waals surface area contributed by atoms with E-state index in [1.807, 2.05) is 12.1 Å². The minimum absolute atomic E-state index is 0.169. The Hall–Kier alpha value is -0.280. The molecule has 0 aliphatic heterocycles. The van der Waals surface area contributed by atoms with Gasteiger partial charge in [0, 0.05) is 11.6 Å². The molecule has 0 saturated carbocycles. The Balaban J connectivity index is 3.12. The molecule has 0 amide bonds. The van der Waals surface area contributed by atoms with Crippen molar-refractivity contribution in [1.29, 1.82) is 0 Å². The molecule has 0 saturated heterocycles. The summed E-state index contributed by atoms with van der Waals surface area (Å²) in [5.74, 6) is 0. The maximum Gasteiger partial charge on any atom is 0.0640 e. The third kappa shape index (κ3) is 3.00. The number of likely N-dealkylation sites (N-methyl/N-ethyl adjacent to an activating group) is 1. The summed E-state index contributed by atoms with van der Waals surface area (Å²) < 4.78 is 0. The summed E-state index contributed by atoms with van der Waals surface area (Å²) in [4.78, 5) is 2.33. The van der Waals surface area contributed by atoms with Crippen LogP contribution in [0.4, 0.5) is 0 Å². The van der Waals surface area contributed by atoms with Crippen molar-refractivity contribution in [3.05, 3.63) is 33.8 Å². The number of hydrogen-bond donors (Lipinski definition) is 1. The van der Waals surface area contributed by atoms with Crippen molar-refractivity contribution in [3.63, 3.8) is 0 Å². The molecule has 0 aliphatic rings. The molecule has 18 heavy (non-hydrogen) atoms. The molecule has 0 aromatic heterocycles. The molecule has 1 atom stereocenters. The van der Waals surface area contributed by atoms with Crippen LogP contribution in [0.2, 0.25) is 10.0 Å². The molecule has 1 aromatic carbocycles. The standard InChI is InChI=1S/C14H22Cl2N2/c1-5-18(6-2)14(3,4)13(17)10-8-7-9-11(15)12(10)16/h7-9,13H,5-6,17H2,1-4H3. The normalized spacial score (nSPS) is 14.0. The van der Waals surface area contributed by atoms with Crippen LogP contribution in [-0.2, 0) is 0 Å². The predicted molar refractivity (Wildman–Crippen MR) is 80.4 cm³/mol. The monoisotopic (exact) mass is 288 g/mol. The van der Waals surface area contributed by atoms with E-state index in [2.05, 4.69) is 32.6 Å². The Labute approximate surface area is 120 Å². The first-order chi connectivity index (χ1) is 8.36. The van der Waals surface area contributed by atoms with Crippen LogP contribution in [0.3, 0.4) is 0 Å². The van der Waals surface area contributed by atoms with E-state index >= 15 is 0 Å². The van der Waals surface area contributed by atoms with Crippen LogP contribution in [-0.4, -0.2) is 23.5 Å². The van der Waals surface area contributed by atoms with Crippen molar-refractivity contribution >= 4 is 23.2 Å². The summed E-state index contributed by atoms with van der Waals surface area (Å²) >= 11 is 12.3. The first-order valence-corrected chi connectivity index (χ1v) is 7.06. The van der Waals surface area contributed by atoms with Gasteiger partial charge in [-0.15, -0.1) is 0 Å². The minimum Gasteiger partial charge on any atom is -0.322 e. The van der Waals surface area contributed by atoms with Gasteiger partial charge in [-0.3, -0.25) is 4.90 Å². The summed E-state index contributed by atoms with van der Waals surface area (Å²) in [5, 5.41) is 1.12. The molecular weight excluding hydrogens is 267 g/mol. The highest BCUT2D eigenvalue weighted by Crippen LogP contribution is 2.35. The van der Waals surface area contributed by atoms with Gasteiger partial charge in [-0.1, -0.05) is 49.2 Å². The average Bonchev–Trinajstić information content (AvgIpc) is 2.33. The maximum absolute atomic E-state index is 6.41. The first-order valence-electron chi connectivity index (χ1n) is 6.30. The zero-order valence-electron chi connectivity index (χ0n) is 11.5. The van der Waals surface area contributed by atoms with Crippen LogP contribution >= 0.6 is 23.2 Å². The largest absolute Gasteiger partial charge is 0.322 e. The lowest BCUT2D eigenvalue weighted by Gasteiger charge is -2.42. The number of benzene rings is 1. The molecule has 1 rings (SSSR count). The van der Waals surface area contributed by atoms with Gasteiger partial charge in [0.15, 0.2) is 0 Å².